The van der Waals surface area contributed by atoms with Crippen LogP contribution in [0.5, 0.6) is 0 Å². The molecule has 7 rings (SSSR count). The lowest BCUT2D eigenvalue weighted by atomic mass is 9.38. The summed E-state index contributed by atoms with van der Waals surface area (Å²) >= 11 is 0. The first-order valence-corrected chi connectivity index (χ1v) is 24.5. The average Bonchev–Trinajstić information content (AvgIpc) is 3.54. The quantitative estimate of drug-likeness (QED) is 0.0924. The fourth-order valence-electron chi connectivity index (χ4n) is 14.2. The topological polar surface area (TPSA) is 318 Å². The first-order chi connectivity index (χ1) is 31.2. The minimum absolute atomic E-state index is 0.0596. The average molecular weight is 963 g/mol. The maximum atomic E-state index is 12.6. The van der Waals surface area contributed by atoms with E-state index in [1.54, 1.807) is 13.8 Å². The van der Waals surface area contributed by atoms with Gasteiger partial charge in [0, 0.05) is 10.8 Å². The zero-order valence-electron chi connectivity index (χ0n) is 40.3. The fourth-order valence-corrected chi connectivity index (χ4v) is 14.2. The van der Waals surface area contributed by atoms with Gasteiger partial charge in [-0.25, -0.2) is 0 Å². The number of hydrogen-bond donors (Lipinski definition) is 13. The number of hydrogen-bond acceptors (Lipinski definition) is 19. The normalized spacial score (nSPS) is 51.0. The first kappa shape index (κ1) is 53.8. The monoisotopic (exact) mass is 963 g/mol. The Kier molecular flexibility index (Phi) is 15.9. The Morgan fingerprint density at radius 1 is 0.672 bits per heavy atom. The van der Waals surface area contributed by atoms with E-state index in [1.165, 1.54) is 5.57 Å². The molecule has 3 heterocycles. The zero-order chi connectivity index (χ0) is 49.5. The second-order valence-electron chi connectivity index (χ2n) is 23.1. The van der Waals surface area contributed by atoms with Crippen LogP contribution in [-0.2, 0) is 28.4 Å². The second kappa shape index (κ2) is 19.8. The first-order valence-electron chi connectivity index (χ1n) is 24.5. The summed E-state index contributed by atoms with van der Waals surface area (Å²) in [7, 11) is 0. The molecule has 7 aliphatic rings. The van der Waals surface area contributed by atoms with Gasteiger partial charge in [-0.2, -0.15) is 0 Å². The Morgan fingerprint density at radius 3 is 1.79 bits per heavy atom. The molecule has 388 valence electrons. The van der Waals surface area contributed by atoms with Gasteiger partial charge in [0.15, 0.2) is 18.9 Å². The van der Waals surface area contributed by atoms with E-state index in [1.807, 2.05) is 0 Å². The predicted octanol–water partition coefficient (Wildman–Crippen LogP) is -1.06. The number of fused-ring (bicyclic) bond motifs is 5. The summed E-state index contributed by atoms with van der Waals surface area (Å²) in [5.41, 5.74) is -1.60. The van der Waals surface area contributed by atoms with Crippen LogP contribution in [0.3, 0.4) is 0 Å². The van der Waals surface area contributed by atoms with Crippen LogP contribution >= 0.6 is 0 Å². The largest absolute Gasteiger partial charge is 0.394 e. The summed E-state index contributed by atoms with van der Waals surface area (Å²) in [4.78, 5) is 0. The summed E-state index contributed by atoms with van der Waals surface area (Å²) in [5, 5.41) is 138. The second-order valence-corrected chi connectivity index (χ2v) is 23.1. The van der Waals surface area contributed by atoms with Gasteiger partial charge in [0.1, 0.15) is 73.2 Å². The van der Waals surface area contributed by atoms with Gasteiger partial charge in [-0.3, -0.25) is 0 Å². The molecule has 0 aromatic heterocycles. The molecule has 0 unspecified atom stereocenters. The van der Waals surface area contributed by atoms with E-state index in [4.69, 9.17) is 28.4 Å². The Hall–Kier alpha value is -1.02. The highest BCUT2D eigenvalue weighted by molar-refractivity contribution is 5.32. The van der Waals surface area contributed by atoms with Crippen molar-refractivity contribution in [3.05, 3.63) is 11.6 Å². The summed E-state index contributed by atoms with van der Waals surface area (Å²) in [6, 6.07) is 0. The number of rotatable bonds is 14. The molecule has 6 fully saturated rings. The number of ether oxygens (including phenoxy) is 6. The molecular weight excluding hydrogens is 881 g/mol. The third kappa shape index (κ3) is 9.24. The highest BCUT2D eigenvalue weighted by Crippen LogP contribution is 2.75. The van der Waals surface area contributed by atoms with Crippen LogP contribution in [0.25, 0.3) is 0 Å². The lowest BCUT2D eigenvalue weighted by molar-refractivity contribution is -0.341. The fraction of sp³-hybridized carbons (Fsp3) is 0.958. The van der Waals surface area contributed by atoms with Crippen LogP contribution in [0.1, 0.15) is 107 Å². The van der Waals surface area contributed by atoms with Gasteiger partial charge in [0.05, 0.1) is 43.7 Å². The third-order valence-corrected chi connectivity index (χ3v) is 18.7. The van der Waals surface area contributed by atoms with Crippen molar-refractivity contribution in [2.75, 3.05) is 19.8 Å². The Morgan fingerprint density at radius 2 is 1.21 bits per heavy atom. The van der Waals surface area contributed by atoms with Crippen LogP contribution in [0.4, 0.5) is 0 Å². The Bertz CT molecular complexity index is 1710. The molecule has 25 atom stereocenters. The number of aliphatic hydroxyl groups is 13. The summed E-state index contributed by atoms with van der Waals surface area (Å²) in [6.45, 7) is 14.8. The molecule has 13 N–H and O–H groups in total. The van der Waals surface area contributed by atoms with Crippen molar-refractivity contribution in [1.82, 2.24) is 0 Å². The molecule has 0 radical (unpaired) electrons. The molecule has 3 saturated carbocycles. The molecule has 0 aromatic carbocycles. The number of aliphatic hydroxyl groups excluding tert-OH is 12. The molecule has 0 bridgehead atoms. The molecule has 0 amide bonds. The van der Waals surface area contributed by atoms with Crippen molar-refractivity contribution in [1.29, 1.82) is 0 Å². The van der Waals surface area contributed by atoms with E-state index in [2.05, 4.69) is 47.6 Å². The van der Waals surface area contributed by atoms with Crippen LogP contribution in [-0.4, -0.2) is 202 Å². The van der Waals surface area contributed by atoms with E-state index in [9.17, 15) is 66.4 Å². The van der Waals surface area contributed by atoms with E-state index in [0.717, 1.165) is 25.7 Å². The Labute approximate surface area is 393 Å². The zero-order valence-corrected chi connectivity index (χ0v) is 40.3. The van der Waals surface area contributed by atoms with Gasteiger partial charge in [0.2, 0.25) is 0 Å². The standard InChI is InChI=1S/C48H82O19/c1-21(9-13-31(45(4,5)61)67-43-40(60)37(57)34(54)27(65-43)20-62-41-38(58)35(55)32(52)25(18-49)63-41)22-15-16-46(6)28-12-10-23-24(48(28,8)29(51)17-47(22,46)7)11-14-30(44(23,2)3)66-42-39(59)36(56)33(53)26(19-50)64-42/h10,21-22,24-43,49-61H,9,11-20H2,1-8H3/t21-,22-,24-,25-,26-,27-,28-,29-,30+,31-,32-,33-,34-,35+,36+,37+,38-,39-,40-,41-,42+,43+,46+,47-,48+/m1/s1. The minimum atomic E-state index is -1.75. The molecule has 0 aromatic rings. The SMILES string of the molecule is C[C@H](CC[C@@H](O[C@@H]1O[C@H](CO[C@@H]2O[C@H](CO)[C@@H](O)[C@H](O)[C@H]2O)[C@@H](O)[C@H](O)[C@H]1O)C(C)(C)O)[C@H]1CC[C@@]2(C)[C@H]3CC=C4[C@@H](CC[C@H](O[C@@H]5O[C@H](CO)[C@@H](O)[C@H](O)[C@H]5O)C4(C)C)[C@]3(C)[C@H](O)C[C@]12C. The molecule has 3 saturated heterocycles. The summed E-state index contributed by atoms with van der Waals surface area (Å²) in [5.74, 6) is 0.547. The van der Waals surface area contributed by atoms with Gasteiger partial charge in [-0.05, 0) is 99.7 Å². The van der Waals surface area contributed by atoms with Crippen LogP contribution < -0.4 is 0 Å². The van der Waals surface area contributed by atoms with Crippen LogP contribution in [0, 0.1) is 45.3 Å². The molecule has 19 heteroatoms. The van der Waals surface area contributed by atoms with Gasteiger partial charge in [0.25, 0.3) is 0 Å². The van der Waals surface area contributed by atoms with Gasteiger partial charge < -0.3 is 94.8 Å². The van der Waals surface area contributed by atoms with E-state index in [0.29, 0.717) is 25.7 Å². The van der Waals surface area contributed by atoms with E-state index < -0.39 is 147 Å². The third-order valence-electron chi connectivity index (χ3n) is 18.7. The predicted molar refractivity (Wildman–Crippen MR) is 235 cm³/mol. The maximum Gasteiger partial charge on any atom is 0.187 e. The van der Waals surface area contributed by atoms with Gasteiger partial charge in [-0.1, -0.05) is 53.2 Å². The summed E-state index contributed by atoms with van der Waals surface area (Å²) in [6.07, 6.45) is -16.7. The molecule has 19 nitrogen and oxygen atoms in total. The van der Waals surface area contributed by atoms with Gasteiger partial charge in [-0.15, -0.1) is 0 Å². The maximum absolute atomic E-state index is 12.6. The minimum Gasteiger partial charge on any atom is -0.394 e. The molecular formula is C48H82O19. The highest BCUT2D eigenvalue weighted by Gasteiger charge is 2.70. The molecule has 67 heavy (non-hydrogen) atoms. The van der Waals surface area contributed by atoms with E-state index in [-0.39, 0.29) is 34.5 Å². The van der Waals surface area contributed by atoms with Crippen molar-refractivity contribution < 1.29 is 94.8 Å². The molecule has 3 aliphatic heterocycles. The highest BCUT2D eigenvalue weighted by atomic mass is 16.7. The smallest absolute Gasteiger partial charge is 0.187 e. The lowest BCUT2D eigenvalue weighted by Gasteiger charge is -2.67. The number of allylic oxidation sites excluding steroid dienone is 1. The van der Waals surface area contributed by atoms with Crippen molar-refractivity contribution >= 4 is 0 Å². The van der Waals surface area contributed by atoms with E-state index >= 15 is 0 Å². The molecule has 0 spiro atoms. The van der Waals surface area contributed by atoms with Crippen molar-refractivity contribution in [2.24, 2.45) is 45.3 Å². The summed E-state index contributed by atoms with van der Waals surface area (Å²) < 4.78 is 35.3. The molecule has 4 aliphatic carbocycles. The Balaban J connectivity index is 1.01. The van der Waals surface area contributed by atoms with Crippen molar-refractivity contribution in [3.8, 4) is 0 Å². The van der Waals surface area contributed by atoms with Crippen LogP contribution in [0.2, 0.25) is 0 Å². The van der Waals surface area contributed by atoms with Crippen LogP contribution in [0.15, 0.2) is 11.6 Å². The van der Waals surface area contributed by atoms with Crippen molar-refractivity contribution in [2.45, 2.75) is 223 Å². The van der Waals surface area contributed by atoms with Gasteiger partial charge >= 0.3 is 0 Å². The van der Waals surface area contributed by atoms with Crippen molar-refractivity contribution in [3.63, 3.8) is 0 Å². The lowest BCUT2D eigenvalue weighted by Crippen LogP contribution is -2.65.